The predicted octanol–water partition coefficient (Wildman–Crippen LogP) is 3.10. The smallest absolute Gasteiger partial charge is 0.251 e. The number of carbonyl (C=O) groups excluding carboxylic acids is 1. The van der Waals surface area contributed by atoms with Gasteiger partial charge in [-0.25, -0.2) is 13.1 Å². The van der Waals surface area contributed by atoms with E-state index in [1.54, 1.807) is 61.7 Å². The molecule has 0 bridgehead atoms. The molecule has 150 valence electrons. The van der Waals surface area contributed by atoms with E-state index in [0.717, 1.165) is 11.1 Å². The highest BCUT2D eigenvalue weighted by molar-refractivity contribution is 7.89. The molecule has 1 amide bonds. The summed E-state index contributed by atoms with van der Waals surface area (Å²) >= 11 is 0. The van der Waals surface area contributed by atoms with Crippen molar-refractivity contribution >= 4 is 15.9 Å². The lowest BCUT2D eigenvalue weighted by Crippen LogP contribution is -2.23. The highest BCUT2D eigenvalue weighted by Gasteiger charge is 2.12. The third kappa shape index (κ3) is 5.66. The van der Waals surface area contributed by atoms with Crippen molar-refractivity contribution in [3.63, 3.8) is 0 Å². The molecule has 0 aliphatic heterocycles. The zero-order valence-electron chi connectivity index (χ0n) is 16.0. The maximum Gasteiger partial charge on any atom is 0.251 e. The number of sulfonamides is 1. The molecular formula is C22H22N2O4S. The molecule has 0 aliphatic carbocycles. The van der Waals surface area contributed by atoms with E-state index in [2.05, 4.69) is 10.0 Å². The van der Waals surface area contributed by atoms with E-state index in [4.69, 9.17) is 4.74 Å². The van der Waals surface area contributed by atoms with Gasteiger partial charge < -0.3 is 10.1 Å². The van der Waals surface area contributed by atoms with Crippen LogP contribution in [0, 0.1) is 0 Å². The Morgan fingerprint density at radius 3 is 2.17 bits per heavy atom. The lowest BCUT2D eigenvalue weighted by Gasteiger charge is -2.09. The standard InChI is InChI=1S/C22H22N2O4S/c1-28-20-7-5-6-19(14-20)22(25)23-15-17-10-12-18(13-11-17)16-24-29(26,27)21-8-3-2-4-9-21/h2-14,24H,15-16H2,1H3,(H,23,25). The molecule has 3 aromatic rings. The van der Waals surface area contributed by atoms with Crippen molar-refractivity contribution in [3.8, 4) is 5.75 Å². The first-order chi connectivity index (χ1) is 14.0. The molecule has 3 aromatic carbocycles. The molecule has 0 saturated heterocycles. The monoisotopic (exact) mass is 410 g/mol. The van der Waals surface area contributed by atoms with Crippen molar-refractivity contribution in [2.24, 2.45) is 0 Å². The van der Waals surface area contributed by atoms with Crippen LogP contribution in [-0.2, 0) is 23.1 Å². The molecule has 0 fully saturated rings. The van der Waals surface area contributed by atoms with Crippen LogP contribution in [0.15, 0.2) is 83.8 Å². The molecule has 6 nitrogen and oxygen atoms in total. The van der Waals surface area contributed by atoms with Crippen LogP contribution < -0.4 is 14.8 Å². The Kier molecular flexibility index (Phi) is 6.64. The quantitative estimate of drug-likeness (QED) is 0.598. The average Bonchev–Trinajstić information content (AvgIpc) is 2.77. The molecule has 2 N–H and O–H groups in total. The van der Waals surface area contributed by atoms with Crippen LogP contribution >= 0.6 is 0 Å². The normalized spacial score (nSPS) is 11.1. The minimum absolute atomic E-state index is 0.188. The summed E-state index contributed by atoms with van der Waals surface area (Å²) in [6.45, 7) is 0.555. The first kappa shape index (κ1) is 20.6. The fourth-order valence-electron chi connectivity index (χ4n) is 2.69. The van der Waals surface area contributed by atoms with Crippen molar-refractivity contribution in [2.45, 2.75) is 18.0 Å². The average molecular weight is 410 g/mol. The van der Waals surface area contributed by atoms with E-state index in [9.17, 15) is 13.2 Å². The van der Waals surface area contributed by atoms with Gasteiger partial charge in [0.1, 0.15) is 5.75 Å². The van der Waals surface area contributed by atoms with Crippen molar-refractivity contribution in [3.05, 3.63) is 95.6 Å². The summed E-state index contributed by atoms with van der Waals surface area (Å²) in [6, 6.07) is 22.6. The first-order valence-electron chi connectivity index (χ1n) is 9.03. The predicted molar refractivity (Wildman–Crippen MR) is 111 cm³/mol. The van der Waals surface area contributed by atoms with Gasteiger partial charge in [-0.3, -0.25) is 4.79 Å². The van der Waals surface area contributed by atoms with Gasteiger partial charge in [-0.05, 0) is 41.5 Å². The second kappa shape index (κ2) is 9.36. The summed E-state index contributed by atoms with van der Waals surface area (Å²) in [5, 5.41) is 2.86. The van der Waals surface area contributed by atoms with E-state index in [-0.39, 0.29) is 17.3 Å². The van der Waals surface area contributed by atoms with Gasteiger partial charge in [0.15, 0.2) is 0 Å². The molecular weight excluding hydrogens is 388 g/mol. The van der Waals surface area contributed by atoms with Gasteiger partial charge in [0.25, 0.3) is 5.91 Å². The lowest BCUT2D eigenvalue weighted by molar-refractivity contribution is 0.0950. The van der Waals surface area contributed by atoms with E-state index in [1.807, 2.05) is 24.3 Å². The lowest BCUT2D eigenvalue weighted by atomic mass is 10.1. The third-order valence-electron chi connectivity index (χ3n) is 4.33. The summed E-state index contributed by atoms with van der Waals surface area (Å²) in [6.07, 6.45) is 0. The van der Waals surface area contributed by atoms with Gasteiger partial charge in [0.2, 0.25) is 10.0 Å². The van der Waals surface area contributed by atoms with Crippen molar-refractivity contribution in [2.75, 3.05) is 7.11 Å². The Morgan fingerprint density at radius 1 is 0.862 bits per heavy atom. The van der Waals surface area contributed by atoms with Crippen LogP contribution in [0.2, 0.25) is 0 Å². The summed E-state index contributed by atoms with van der Waals surface area (Å²) in [4.78, 5) is 12.5. The Hall–Kier alpha value is -3.16. The highest BCUT2D eigenvalue weighted by Crippen LogP contribution is 2.13. The maximum atomic E-state index is 12.3. The largest absolute Gasteiger partial charge is 0.497 e. The van der Waals surface area contributed by atoms with Crippen LogP contribution in [0.1, 0.15) is 21.5 Å². The molecule has 0 spiro atoms. The van der Waals surface area contributed by atoms with Gasteiger partial charge in [-0.2, -0.15) is 0 Å². The Bertz CT molecular complexity index is 1070. The number of nitrogens with one attached hydrogen (secondary N) is 2. The van der Waals surface area contributed by atoms with E-state index >= 15 is 0 Å². The molecule has 0 aliphatic rings. The third-order valence-corrected chi connectivity index (χ3v) is 5.74. The Morgan fingerprint density at radius 2 is 1.52 bits per heavy atom. The van der Waals surface area contributed by atoms with Gasteiger partial charge in [0, 0.05) is 18.7 Å². The zero-order valence-corrected chi connectivity index (χ0v) is 16.8. The van der Waals surface area contributed by atoms with Gasteiger partial charge in [0.05, 0.1) is 12.0 Å². The van der Waals surface area contributed by atoms with Crippen LogP contribution in [-0.4, -0.2) is 21.4 Å². The fraction of sp³-hybridized carbons (Fsp3) is 0.136. The van der Waals surface area contributed by atoms with E-state index < -0.39 is 10.0 Å². The Labute approximate surface area is 170 Å². The number of ether oxygens (including phenoxy) is 1. The van der Waals surface area contributed by atoms with E-state index in [1.165, 1.54) is 0 Å². The van der Waals surface area contributed by atoms with Crippen molar-refractivity contribution in [1.82, 2.24) is 10.0 Å². The van der Waals surface area contributed by atoms with Crippen molar-refractivity contribution in [1.29, 1.82) is 0 Å². The number of amides is 1. The molecule has 0 atom stereocenters. The summed E-state index contributed by atoms with van der Waals surface area (Å²) in [5.74, 6) is 0.434. The number of hydrogen-bond donors (Lipinski definition) is 2. The minimum Gasteiger partial charge on any atom is -0.497 e. The first-order valence-corrected chi connectivity index (χ1v) is 10.5. The number of carbonyl (C=O) groups is 1. The highest BCUT2D eigenvalue weighted by atomic mass is 32.2. The topological polar surface area (TPSA) is 84.5 Å². The van der Waals surface area contributed by atoms with E-state index in [0.29, 0.717) is 17.9 Å². The minimum atomic E-state index is -3.54. The van der Waals surface area contributed by atoms with Crippen molar-refractivity contribution < 1.29 is 17.9 Å². The molecule has 3 rings (SSSR count). The summed E-state index contributed by atoms with van der Waals surface area (Å²) in [5.41, 5.74) is 2.26. The summed E-state index contributed by atoms with van der Waals surface area (Å²) < 4.78 is 32.2. The van der Waals surface area contributed by atoms with Crippen LogP contribution in [0.4, 0.5) is 0 Å². The number of methoxy groups -OCH3 is 1. The van der Waals surface area contributed by atoms with Crippen LogP contribution in [0.25, 0.3) is 0 Å². The molecule has 0 heterocycles. The van der Waals surface area contributed by atoms with Gasteiger partial charge in [-0.1, -0.05) is 48.5 Å². The van der Waals surface area contributed by atoms with Crippen LogP contribution in [0.5, 0.6) is 5.75 Å². The van der Waals surface area contributed by atoms with Gasteiger partial charge >= 0.3 is 0 Å². The molecule has 0 unspecified atom stereocenters. The number of hydrogen-bond acceptors (Lipinski definition) is 4. The second-order valence-electron chi connectivity index (χ2n) is 6.37. The van der Waals surface area contributed by atoms with Crippen LogP contribution in [0.3, 0.4) is 0 Å². The fourth-order valence-corrected chi connectivity index (χ4v) is 3.72. The van der Waals surface area contributed by atoms with Gasteiger partial charge in [-0.15, -0.1) is 0 Å². The SMILES string of the molecule is COc1cccc(C(=O)NCc2ccc(CNS(=O)(=O)c3ccccc3)cc2)c1. The molecule has 0 saturated carbocycles. The maximum absolute atomic E-state index is 12.3. The number of benzene rings is 3. The zero-order chi connectivity index (χ0) is 20.7. The molecule has 29 heavy (non-hydrogen) atoms. The molecule has 7 heteroatoms. The second-order valence-corrected chi connectivity index (χ2v) is 8.14. The number of rotatable bonds is 8. The molecule has 0 radical (unpaired) electrons. The Balaban J connectivity index is 1.54. The summed E-state index contributed by atoms with van der Waals surface area (Å²) in [7, 11) is -1.99. The molecule has 0 aromatic heterocycles.